The average molecular weight is 249 g/mol. The van der Waals surface area contributed by atoms with Crippen LogP contribution in [0.15, 0.2) is 42.7 Å². The highest BCUT2D eigenvalue weighted by Gasteiger charge is 2.09. The molecule has 18 heavy (non-hydrogen) atoms. The maximum Gasteiger partial charge on any atom is 0.159 e. The highest BCUT2D eigenvalue weighted by atomic mass is 19.2. The minimum absolute atomic E-state index is 0.291. The predicted octanol–water partition coefficient (Wildman–Crippen LogP) is 2.51. The van der Waals surface area contributed by atoms with Crippen molar-refractivity contribution < 1.29 is 13.9 Å². The van der Waals surface area contributed by atoms with Crippen LogP contribution >= 0.6 is 0 Å². The molecule has 0 spiro atoms. The van der Waals surface area contributed by atoms with E-state index in [9.17, 15) is 13.9 Å². The summed E-state index contributed by atoms with van der Waals surface area (Å²) in [5.74, 6) is -1.76. The molecule has 1 heterocycles. The van der Waals surface area contributed by atoms with Gasteiger partial charge in [0.15, 0.2) is 11.6 Å². The summed E-state index contributed by atoms with van der Waals surface area (Å²) >= 11 is 0. The standard InChI is InChI=1S/C14H13F2NO/c15-13-2-1-11(9-14(13)16)8-12(18)7-10-3-5-17-6-4-10/h1-6,9,12,18H,7-8H2. The molecule has 1 N–H and O–H groups in total. The van der Waals surface area contributed by atoms with Crippen molar-refractivity contribution in [3.05, 3.63) is 65.5 Å². The van der Waals surface area contributed by atoms with E-state index in [-0.39, 0.29) is 0 Å². The first-order chi connectivity index (χ1) is 8.65. The second-order valence-electron chi connectivity index (χ2n) is 4.17. The smallest absolute Gasteiger partial charge is 0.159 e. The first-order valence-corrected chi connectivity index (χ1v) is 5.66. The molecular weight excluding hydrogens is 236 g/mol. The molecule has 0 amide bonds. The minimum Gasteiger partial charge on any atom is -0.392 e. The van der Waals surface area contributed by atoms with Crippen LogP contribution in [0.25, 0.3) is 0 Å². The van der Waals surface area contributed by atoms with Crippen molar-refractivity contribution in [2.75, 3.05) is 0 Å². The Kier molecular flexibility index (Phi) is 3.99. The summed E-state index contributed by atoms with van der Waals surface area (Å²) in [6.07, 6.45) is 3.43. The zero-order valence-corrected chi connectivity index (χ0v) is 9.68. The molecule has 2 aromatic rings. The van der Waals surface area contributed by atoms with Gasteiger partial charge in [0, 0.05) is 12.4 Å². The molecule has 94 valence electrons. The number of halogens is 2. The van der Waals surface area contributed by atoms with Gasteiger partial charge in [0.25, 0.3) is 0 Å². The third-order valence-corrected chi connectivity index (χ3v) is 2.68. The first kappa shape index (κ1) is 12.6. The summed E-state index contributed by atoms with van der Waals surface area (Å²) in [5, 5.41) is 9.88. The average Bonchev–Trinajstić information content (AvgIpc) is 2.35. The van der Waals surface area contributed by atoms with E-state index in [1.807, 2.05) is 12.1 Å². The van der Waals surface area contributed by atoms with E-state index in [0.717, 1.165) is 17.7 Å². The second kappa shape index (κ2) is 5.69. The van der Waals surface area contributed by atoms with Gasteiger partial charge in [-0.2, -0.15) is 0 Å². The third kappa shape index (κ3) is 3.34. The van der Waals surface area contributed by atoms with Crippen LogP contribution < -0.4 is 0 Å². The maximum atomic E-state index is 13.0. The summed E-state index contributed by atoms with van der Waals surface area (Å²) in [5.41, 5.74) is 1.54. The quantitative estimate of drug-likeness (QED) is 0.903. The Balaban J connectivity index is 1.99. The van der Waals surface area contributed by atoms with E-state index in [1.54, 1.807) is 12.4 Å². The van der Waals surface area contributed by atoms with Gasteiger partial charge >= 0.3 is 0 Å². The van der Waals surface area contributed by atoms with Gasteiger partial charge in [-0.05, 0) is 48.2 Å². The minimum atomic E-state index is -0.886. The highest BCUT2D eigenvalue weighted by molar-refractivity contribution is 5.19. The highest BCUT2D eigenvalue weighted by Crippen LogP contribution is 2.12. The van der Waals surface area contributed by atoms with E-state index in [4.69, 9.17) is 0 Å². The molecule has 4 heteroatoms. The molecule has 0 fully saturated rings. The van der Waals surface area contributed by atoms with Crippen LogP contribution in [0.5, 0.6) is 0 Å². The maximum absolute atomic E-state index is 13.0. The van der Waals surface area contributed by atoms with E-state index in [0.29, 0.717) is 18.4 Å². The summed E-state index contributed by atoms with van der Waals surface area (Å²) in [6.45, 7) is 0. The molecule has 0 bridgehead atoms. The number of pyridine rings is 1. The van der Waals surface area contributed by atoms with Crippen LogP contribution in [-0.4, -0.2) is 16.2 Å². The van der Waals surface area contributed by atoms with Gasteiger partial charge < -0.3 is 5.11 Å². The van der Waals surface area contributed by atoms with Crippen LogP contribution in [-0.2, 0) is 12.8 Å². The number of aromatic nitrogens is 1. The van der Waals surface area contributed by atoms with Gasteiger partial charge in [0.05, 0.1) is 6.10 Å². The Morgan fingerprint density at radius 1 is 0.944 bits per heavy atom. The van der Waals surface area contributed by atoms with Gasteiger partial charge in [-0.3, -0.25) is 4.98 Å². The first-order valence-electron chi connectivity index (χ1n) is 5.66. The van der Waals surface area contributed by atoms with Crippen molar-refractivity contribution >= 4 is 0 Å². The fourth-order valence-corrected chi connectivity index (χ4v) is 1.80. The van der Waals surface area contributed by atoms with E-state index in [1.165, 1.54) is 6.07 Å². The lowest BCUT2D eigenvalue weighted by atomic mass is 10.0. The monoisotopic (exact) mass is 249 g/mol. The third-order valence-electron chi connectivity index (χ3n) is 2.68. The zero-order valence-electron chi connectivity index (χ0n) is 9.68. The van der Waals surface area contributed by atoms with Crippen LogP contribution in [0.2, 0.25) is 0 Å². The van der Waals surface area contributed by atoms with Gasteiger partial charge in [0.2, 0.25) is 0 Å². The molecule has 0 aliphatic carbocycles. The molecule has 0 saturated carbocycles. The van der Waals surface area contributed by atoms with Crippen molar-refractivity contribution in [3.8, 4) is 0 Å². The molecule has 0 aliphatic heterocycles. The molecule has 2 nitrogen and oxygen atoms in total. The number of rotatable bonds is 4. The molecule has 1 aromatic heterocycles. The molecule has 2 rings (SSSR count). The lowest BCUT2D eigenvalue weighted by molar-refractivity contribution is 0.175. The molecule has 0 saturated heterocycles. The largest absolute Gasteiger partial charge is 0.392 e. The topological polar surface area (TPSA) is 33.1 Å². The van der Waals surface area contributed by atoms with Gasteiger partial charge in [-0.15, -0.1) is 0 Å². The summed E-state index contributed by atoms with van der Waals surface area (Å²) < 4.78 is 25.7. The molecule has 0 aliphatic rings. The van der Waals surface area contributed by atoms with Crippen molar-refractivity contribution in [2.45, 2.75) is 18.9 Å². The summed E-state index contributed by atoms with van der Waals surface area (Å²) in [4.78, 5) is 3.89. The van der Waals surface area contributed by atoms with Gasteiger partial charge in [0.1, 0.15) is 0 Å². The fourth-order valence-electron chi connectivity index (χ4n) is 1.80. The Morgan fingerprint density at radius 3 is 2.28 bits per heavy atom. The van der Waals surface area contributed by atoms with E-state index < -0.39 is 17.7 Å². The molecule has 1 unspecified atom stereocenters. The van der Waals surface area contributed by atoms with Crippen molar-refractivity contribution in [1.29, 1.82) is 0 Å². The van der Waals surface area contributed by atoms with Crippen LogP contribution in [0.3, 0.4) is 0 Å². The number of aliphatic hydroxyl groups excluding tert-OH is 1. The van der Waals surface area contributed by atoms with Crippen molar-refractivity contribution in [1.82, 2.24) is 4.98 Å². The van der Waals surface area contributed by atoms with Crippen molar-refractivity contribution in [2.24, 2.45) is 0 Å². The fraction of sp³-hybridized carbons (Fsp3) is 0.214. The Morgan fingerprint density at radius 2 is 1.61 bits per heavy atom. The van der Waals surface area contributed by atoms with Gasteiger partial charge in [-0.25, -0.2) is 8.78 Å². The summed E-state index contributed by atoms with van der Waals surface area (Å²) in [6, 6.07) is 7.30. The Hall–Kier alpha value is -1.81. The van der Waals surface area contributed by atoms with Gasteiger partial charge in [-0.1, -0.05) is 6.07 Å². The number of hydrogen-bond acceptors (Lipinski definition) is 2. The molecular formula is C14H13F2NO. The van der Waals surface area contributed by atoms with Crippen LogP contribution in [0.4, 0.5) is 8.78 Å². The number of benzene rings is 1. The SMILES string of the molecule is OC(Cc1ccncc1)Cc1ccc(F)c(F)c1. The molecule has 1 atom stereocenters. The summed E-state index contributed by atoms with van der Waals surface area (Å²) in [7, 11) is 0. The predicted molar refractivity (Wildman–Crippen MR) is 64.0 cm³/mol. The van der Waals surface area contributed by atoms with E-state index >= 15 is 0 Å². The molecule has 0 radical (unpaired) electrons. The zero-order chi connectivity index (χ0) is 13.0. The number of nitrogens with zero attached hydrogens (tertiary/aromatic N) is 1. The second-order valence-corrected chi connectivity index (χ2v) is 4.17. The van der Waals surface area contributed by atoms with Crippen molar-refractivity contribution in [3.63, 3.8) is 0 Å². The van der Waals surface area contributed by atoms with E-state index in [2.05, 4.69) is 4.98 Å². The lowest BCUT2D eigenvalue weighted by Gasteiger charge is -2.10. The number of aliphatic hydroxyl groups is 1. The van der Waals surface area contributed by atoms with Crippen LogP contribution in [0, 0.1) is 11.6 Å². The normalized spacial score (nSPS) is 12.4. The Bertz CT molecular complexity index is 516. The lowest BCUT2D eigenvalue weighted by Crippen LogP contribution is -2.14. The van der Waals surface area contributed by atoms with Crippen LogP contribution in [0.1, 0.15) is 11.1 Å². The number of hydrogen-bond donors (Lipinski definition) is 1. The molecule has 1 aromatic carbocycles. The Labute approximate surface area is 104 Å².